The molecule has 1 unspecified atom stereocenters. The van der Waals surface area contributed by atoms with Gasteiger partial charge in [-0.25, -0.2) is 4.99 Å². The third-order valence-electron chi connectivity index (χ3n) is 3.72. The zero-order chi connectivity index (χ0) is 16.2. The number of aliphatic hydroxyl groups is 1. The summed E-state index contributed by atoms with van der Waals surface area (Å²) >= 11 is 0. The average molecular weight is 311 g/mol. The molecule has 6 nitrogen and oxygen atoms in total. The molecule has 1 heterocycles. The molecular formula is C16H33N5O. The van der Waals surface area contributed by atoms with E-state index in [1.807, 2.05) is 13.1 Å². The number of nitrogens with zero attached hydrogens (tertiary/aromatic N) is 4. The van der Waals surface area contributed by atoms with Gasteiger partial charge in [-0.15, -0.1) is 0 Å². The Morgan fingerprint density at radius 3 is 2.59 bits per heavy atom. The molecule has 0 saturated heterocycles. The quantitative estimate of drug-likeness (QED) is 0.486. The number of amidine groups is 1. The molecule has 0 spiro atoms. The Bertz CT molecular complexity index is 343. The fourth-order valence-corrected chi connectivity index (χ4v) is 2.46. The van der Waals surface area contributed by atoms with Crippen molar-refractivity contribution in [3.8, 4) is 0 Å². The van der Waals surface area contributed by atoms with Gasteiger partial charge in [0.15, 0.2) is 0 Å². The number of rotatable bonds is 13. The standard InChI is InChI=1S/C16H33N5O/c1-4-9-21(10-8-17-13-15(3)22)12-11-20(5-2)14-16-18-6-7-19-16/h6,15,17,22H,4-5,7-14H2,1-3H3. The molecule has 1 aliphatic rings. The Labute approximate surface area is 135 Å². The van der Waals surface area contributed by atoms with Gasteiger partial charge >= 0.3 is 0 Å². The minimum absolute atomic E-state index is 0.275. The first-order valence-electron chi connectivity index (χ1n) is 8.55. The highest BCUT2D eigenvalue weighted by Crippen LogP contribution is 1.98. The van der Waals surface area contributed by atoms with E-state index in [0.29, 0.717) is 6.54 Å². The Hall–Kier alpha value is -0.820. The van der Waals surface area contributed by atoms with E-state index in [4.69, 9.17) is 0 Å². The molecule has 1 atom stereocenters. The van der Waals surface area contributed by atoms with E-state index in [1.165, 1.54) is 6.42 Å². The lowest BCUT2D eigenvalue weighted by atomic mass is 10.3. The molecule has 0 aromatic rings. The number of hydrogen-bond donors (Lipinski definition) is 2. The van der Waals surface area contributed by atoms with Crippen molar-refractivity contribution in [3.63, 3.8) is 0 Å². The monoisotopic (exact) mass is 311 g/mol. The maximum atomic E-state index is 9.26. The molecule has 6 heteroatoms. The first kappa shape index (κ1) is 19.2. The van der Waals surface area contributed by atoms with Crippen LogP contribution in [0.5, 0.6) is 0 Å². The number of likely N-dealkylation sites (N-methyl/N-ethyl adjacent to an activating group) is 1. The zero-order valence-corrected chi connectivity index (χ0v) is 14.5. The Morgan fingerprint density at radius 1 is 1.23 bits per heavy atom. The van der Waals surface area contributed by atoms with Gasteiger partial charge in [-0.3, -0.25) is 9.89 Å². The van der Waals surface area contributed by atoms with Gasteiger partial charge in [0.1, 0.15) is 5.84 Å². The predicted octanol–water partition coefficient (Wildman–Crippen LogP) is 0.474. The second-order valence-electron chi connectivity index (χ2n) is 5.83. The number of aliphatic hydroxyl groups excluding tert-OH is 1. The summed E-state index contributed by atoms with van der Waals surface area (Å²) in [6.45, 7) is 14.7. The normalized spacial score (nSPS) is 15.8. The summed E-state index contributed by atoms with van der Waals surface area (Å²) in [5, 5.41) is 12.5. The first-order chi connectivity index (χ1) is 10.7. The summed E-state index contributed by atoms with van der Waals surface area (Å²) in [4.78, 5) is 13.5. The third-order valence-corrected chi connectivity index (χ3v) is 3.72. The van der Waals surface area contributed by atoms with Crippen LogP contribution in [0, 0.1) is 0 Å². The Balaban J connectivity index is 2.26. The Morgan fingerprint density at radius 2 is 2.00 bits per heavy atom. The third kappa shape index (κ3) is 8.58. The minimum Gasteiger partial charge on any atom is -0.392 e. The van der Waals surface area contributed by atoms with E-state index in [1.54, 1.807) is 0 Å². The molecule has 0 amide bonds. The molecule has 128 valence electrons. The molecule has 1 aliphatic heterocycles. The summed E-state index contributed by atoms with van der Waals surface area (Å²) in [7, 11) is 0. The summed E-state index contributed by atoms with van der Waals surface area (Å²) in [5.41, 5.74) is 0. The van der Waals surface area contributed by atoms with Crippen LogP contribution in [0.4, 0.5) is 0 Å². The maximum Gasteiger partial charge on any atom is 0.137 e. The fourth-order valence-electron chi connectivity index (χ4n) is 2.46. The van der Waals surface area contributed by atoms with E-state index in [0.717, 1.165) is 58.2 Å². The summed E-state index contributed by atoms with van der Waals surface area (Å²) in [5.74, 6) is 0.961. The highest BCUT2D eigenvalue weighted by molar-refractivity contribution is 5.95. The van der Waals surface area contributed by atoms with E-state index in [2.05, 4.69) is 38.9 Å². The second-order valence-corrected chi connectivity index (χ2v) is 5.83. The van der Waals surface area contributed by atoms with E-state index in [-0.39, 0.29) is 6.10 Å². The van der Waals surface area contributed by atoms with Crippen LogP contribution in [-0.2, 0) is 0 Å². The minimum atomic E-state index is -0.275. The highest BCUT2D eigenvalue weighted by Gasteiger charge is 2.11. The van der Waals surface area contributed by atoms with Crippen molar-refractivity contribution in [2.45, 2.75) is 33.3 Å². The van der Waals surface area contributed by atoms with Crippen LogP contribution in [0.2, 0.25) is 0 Å². The van der Waals surface area contributed by atoms with Crippen molar-refractivity contribution in [1.29, 1.82) is 0 Å². The molecule has 2 N–H and O–H groups in total. The van der Waals surface area contributed by atoms with Crippen LogP contribution in [0.3, 0.4) is 0 Å². The van der Waals surface area contributed by atoms with Gasteiger partial charge in [0.05, 0.1) is 19.2 Å². The predicted molar refractivity (Wildman–Crippen MR) is 94.2 cm³/mol. The van der Waals surface area contributed by atoms with Gasteiger partial charge in [0.2, 0.25) is 0 Å². The summed E-state index contributed by atoms with van der Waals surface area (Å²) in [6, 6.07) is 0. The number of aliphatic imine (C=N–C) groups is 2. The molecule has 0 aliphatic carbocycles. The van der Waals surface area contributed by atoms with Crippen LogP contribution in [0.25, 0.3) is 0 Å². The maximum absolute atomic E-state index is 9.26. The van der Waals surface area contributed by atoms with Crippen LogP contribution in [-0.4, -0.2) is 92.0 Å². The van der Waals surface area contributed by atoms with Crippen molar-refractivity contribution in [3.05, 3.63) is 0 Å². The van der Waals surface area contributed by atoms with Gasteiger partial charge in [-0.1, -0.05) is 13.8 Å². The number of nitrogens with one attached hydrogen (secondary N) is 1. The zero-order valence-electron chi connectivity index (χ0n) is 14.5. The molecule has 0 radical (unpaired) electrons. The van der Waals surface area contributed by atoms with Crippen molar-refractivity contribution in [1.82, 2.24) is 15.1 Å². The molecule has 1 rings (SSSR count). The summed E-state index contributed by atoms with van der Waals surface area (Å²) in [6.07, 6.45) is 2.77. The van der Waals surface area contributed by atoms with E-state index >= 15 is 0 Å². The fraction of sp³-hybridized carbons (Fsp3) is 0.875. The van der Waals surface area contributed by atoms with Crippen LogP contribution in [0.1, 0.15) is 27.2 Å². The van der Waals surface area contributed by atoms with Crippen molar-refractivity contribution >= 4 is 12.1 Å². The van der Waals surface area contributed by atoms with Gasteiger partial charge in [-0.2, -0.15) is 0 Å². The molecule has 0 fully saturated rings. The molecular weight excluding hydrogens is 278 g/mol. The molecule has 22 heavy (non-hydrogen) atoms. The van der Waals surface area contributed by atoms with Crippen LogP contribution in [0.15, 0.2) is 9.98 Å². The lowest BCUT2D eigenvalue weighted by Crippen LogP contribution is -2.41. The summed E-state index contributed by atoms with van der Waals surface area (Å²) < 4.78 is 0. The van der Waals surface area contributed by atoms with E-state index in [9.17, 15) is 5.11 Å². The Kier molecular flexibility index (Phi) is 10.2. The van der Waals surface area contributed by atoms with Crippen LogP contribution < -0.4 is 5.32 Å². The smallest absolute Gasteiger partial charge is 0.137 e. The van der Waals surface area contributed by atoms with Crippen molar-refractivity contribution in [2.24, 2.45) is 9.98 Å². The molecule has 0 saturated carbocycles. The largest absolute Gasteiger partial charge is 0.392 e. The van der Waals surface area contributed by atoms with E-state index < -0.39 is 0 Å². The van der Waals surface area contributed by atoms with Crippen molar-refractivity contribution < 1.29 is 5.11 Å². The average Bonchev–Trinajstić information content (AvgIpc) is 3.00. The topological polar surface area (TPSA) is 63.5 Å². The SMILES string of the molecule is CCCN(CCNCC(C)O)CCN(CC)CC1=NCC=N1. The molecule has 0 bridgehead atoms. The van der Waals surface area contributed by atoms with Gasteiger partial charge in [0.25, 0.3) is 0 Å². The van der Waals surface area contributed by atoms with Gasteiger partial charge in [0, 0.05) is 38.9 Å². The lowest BCUT2D eigenvalue weighted by Gasteiger charge is -2.26. The first-order valence-corrected chi connectivity index (χ1v) is 8.55. The second kappa shape index (κ2) is 11.7. The molecule has 0 aromatic carbocycles. The van der Waals surface area contributed by atoms with Gasteiger partial charge in [-0.05, 0) is 26.4 Å². The van der Waals surface area contributed by atoms with Crippen LogP contribution >= 0.6 is 0 Å². The molecule has 0 aromatic heterocycles. The highest BCUT2D eigenvalue weighted by atomic mass is 16.3. The van der Waals surface area contributed by atoms with Gasteiger partial charge < -0.3 is 15.3 Å². The lowest BCUT2D eigenvalue weighted by molar-refractivity contribution is 0.184. The number of hydrogen-bond acceptors (Lipinski definition) is 6. The van der Waals surface area contributed by atoms with Crippen molar-refractivity contribution in [2.75, 3.05) is 58.9 Å².